The van der Waals surface area contributed by atoms with Crippen LogP contribution in [0.25, 0.3) is 0 Å². The van der Waals surface area contributed by atoms with Gasteiger partial charge in [-0.15, -0.1) is 11.6 Å². The summed E-state index contributed by atoms with van der Waals surface area (Å²) < 4.78 is 9.64. The lowest BCUT2D eigenvalue weighted by Gasteiger charge is -2.12. The highest BCUT2D eigenvalue weighted by Crippen LogP contribution is 2.04. The van der Waals surface area contributed by atoms with Crippen molar-refractivity contribution in [2.75, 3.05) is 26.9 Å². The van der Waals surface area contributed by atoms with Crippen molar-refractivity contribution >= 4 is 17.6 Å². The van der Waals surface area contributed by atoms with Gasteiger partial charge in [-0.2, -0.15) is 0 Å². The van der Waals surface area contributed by atoms with Crippen LogP contribution in [-0.2, 0) is 14.3 Å². The van der Waals surface area contributed by atoms with Gasteiger partial charge in [0.15, 0.2) is 0 Å². The average molecular weight is 208 g/mol. The van der Waals surface area contributed by atoms with E-state index in [1.165, 1.54) is 7.11 Å². The highest BCUT2D eigenvalue weighted by Gasteiger charge is 2.19. The van der Waals surface area contributed by atoms with Crippen molar-refractivity contribution in [2.24, 2.45) is 0 Å². The Hall–Kier alpha value is -0.320. The normalized spacial score (nSPS) is 24.3. The highest BCUT2D eigenvalue weighted by atomic mass is 35.5. The van der Waals surface area contributed by atoms with Gasteiger partial charge in [0.1, 0.15) is 5.38 Å². The third-order valence-corrected chi connectivity index (χ3v) is 2.30. The molecule has 0 radical (unpaired) electrons. The Morgan fingerprint density at radius 2 is 2.62 bits per heavy atom. The van der Waals surface area contributed by atoms with Crippen LogP contribution in [0.1, 0.15) is 6.42 Å². The fourth-order valence-electron chi connectivity index (χ4n) is 1.18. The summed E-state index contributed by atoms with van der Waals surface area (Å²) in [5, 5.41) is 2.53. The molecule has 1 heterocycles. The third-order valence-electron chi connectivity index (χ3n) is 1.97. The average Bonchev–Trinajstić information content (AvgIpc) is 2.65. The van der Waals surface area contributed by atoms with Crippen LogP contribution in [0, 0.1) is 0 Å². The Morgan fingerprint density at radius 3 is 3.15 bits per heavy atom. The molecule has 4 nitrogen and oxygen atoms in total. The number of alkyl halides is 1. The van der Waals surface area contributed by atoms with Gasteiger partial charge in [0, 0.05) is 19.2 Å². The molecule has 5 heteroatoms. The van der Waals surface area contributed by atoms with Crippen molar-refractivity contribution in [1.29, 1.82) is 0 Å². The van der Waals surface area contributed by atoms with Crippen LogP contribution >= 0.6 is 11.6 Å². The Bertz CT molecular complexity index is 171. The summed E-state index contributed by atoms with van der Waals surface area (Å²) in [5.41, 5.74) is 0. The smallest absolute Gasteiger partial charge is 0.325 e. The van der Waals surface area contributed by atoms with Gasteiger partial charge in [-0.25, -0.2) is 0 Å². The summed E-state index contributed by atoms with van der Waals surface area (Å²) >= 11 is 5.73. The minimum atomic E-state index is -0.606. The monoisotopic (exact) mass is 207 g/mol. The number of esters is 1. The van der Waals surface area contributed by atoms with E-state index in [9.17, 15) is 4.79 Å². The molecule has 0 spiro atoms. The Balaban J connectivity index is 2.13. The van der Waals surface area contributed by atoms with Crippen LogP contribution in [0.3, 0.4) is 0 Å². The van der Waals surface area contributed by atoms with Gasteiger partial charge >= 0.3 is 5.97 Å². The molecular weight excluding hydrogens is 194 g/mol. The number of halogens is 1. The van der Waals surface area contributed by atoms with Gasteiger partial charge in [-0.05, 0) is 6.42 Å². The number of ether oxygens (including phenoxy) is 2. The van der Waals surface area contributed by atoms with Gasteiger partial charge in [-0.1, -0.05) is 0 Å². The fraction of sp³-hybridized carbons (Fsp3) is 0.875. The zero-order chi connectivity index (χ0) is 9.68. The number of hydrogen-bond donors (Lipinski definition) is 1. The summed E-state index contributed by atoms with van der Waals surface area (Å²) in [6.07, 6.45) is 0.977. The molecule has 0 saturated carbocycles. The van der Waals surface area contributed by atoms with Crippen LogP contribution < -0.4 is 5.32 Å². The first-order valence-electron chi connectivity index (χ1n) is 4.27. The fourth-order valence-corrected chi connectivity index (χ4v) is 1.36. The predicted molar refractivity (Wildman–Crippen MR) is 48.9 cm³/mol. The molecule has 0 aliphatic carbocycles. The van der Waals surface area contributed by atoms with Crippen molar-refractivity contribution in [3.63, 3.8) is 0 Å². The van der Waals surface area contributed by atoms with E-state index in [0.29, 0.717) is 19.2 Å². The summed E-state index contributed by atoms with van der Waals surface area (Å²) in [4.78, 5) is 10.9. The first kappa shape index (κ1) is 10.8. The molecule has 2 atom stereocenters. The standard InChI is InChI=1S/C8H14ClNO3/c1-12-8(11)7(9)4-10-6-2-3-13-5-6/h6-7,10H,2-5H2,1H3. The van der Waals surface area contributed by atoms with Gasteiger partial charge in [-0.3, -0.25) is 4.79 Å². The first-order chi connectivity index (χ1) is 6.24. The van der Waals surface area contributed by atoms with E-state index in [-0.39, 0.29) is 0 Å². The topological polar surface area (TPSA) is 47.6 Å². The molecule has 2 unspecified atom stereocenters. The molecule has 1 aliphatic rings. The van der Waals surface area contributed by atoms with Gasteiger partial charge in [0.2, 0.25) is 0 Å². The van der Waals surface area contributed by atoms with E-state index < -0.39 is 11.3 Å². The first-order valence-corrected chi connectivity index (χ1v) is 4.70. The number of hydrogen-bond acceptors (Lipinski definition) is 4. The number of rotatable bonds is 4. The predicted octanol–water partition coefficient (Wildman–Crippen LogP) is 0.145. The van der Waals surface area contributed by atoms with Gasteiger partial charge in [0.25, 0.3) is 0 Å². The molecule has 1 aliphatic heterocycles. The molecule has 76 valence electrons. The Kier molecular flexibility index (Phi) is 4.48. The lowest BCUT2D eigenvalue weighted by molar-refractivity contribution is -0.140. The molecule has 1 fully saturated rings. The zero-order valence-corrected chi connectivity index (χ0v) is 8.34. The van der Waals surface area contributed by atoms with E-state index in [1.54, 1.807) is 0 Å². The van der Waals surface area contributed by atoms with Gasteiger partial charge < -0.3 is 14.8 Å². The molecule has 0 aromatic rings. The molecule has 0 amide bonds. The maximum absolute atomic E-state index is 10.9. The molecule has 0 aromatic carbocycles. The van der Waals surface area contributed by atoms with Crippen molar-refractivity contribution < 1.29 is 14.3 Å². The van der Waals surface area contributed by atoms with Crippen molar-refractivity contribution in [3.05, 3.63) is 0 Å². The molecular formula is C8H14ClNO3. The minimum absolute atomic E-state index is 0.325. The molecule has 0 aromatic heterocycles. The molecule has 0 bridgehead atoms. The lowest BCUT2D eigenvalue weighted by atomic mass is 10.2. The van der Waals surface area contributed by atoms with E-state index >= 15 is 0 Å². The van der Waals surface area contributed by atoms with E-state index in [2.05, 4.69) is 10.1 Å². The molecule has 1 rings (SSSR count). The maximum Gasteiger partial charge on any atom is 0.325 e. The van der Waals surface area contributed by atoms with Crippen LogP contribution in [-0.4, -0.2) is 44.3 Å². The SMILES string of the molecule is COC(=O)C(Cl)CNC1CCOC1. The number of nitrogens with one attached hydrogen (secondary N) is 1. The largest absolute Gasteiger partial charge is 0.468 e. The second kappa shape index (κ2) is 5.42. The second-order valence-electron chi connectivity index (χ2n) is 2.96. The summed E-state index contributed by atoms with van der Waals surface area (Å²) in [5.74, 6) is -0.395. The van der Waals surface area contributed by atoms with Crippen LogP contribution in [0.2, 0.25) is 0 Å². The number of carbonyl (C=O) groups is 1. The van der Waals surface area contributed by atoms with E-state index in [4.69, 9.17) is 16.3 Å². The van der Waals surface area contributed by atoms with Crippen molar-refractivity contribution in [1.82, 2.24) is 5.32 Å². The van der Waals surface area contributed by atoms with Crippen LogP contribution in [0.4, 0.5) is 0 Å². The van der Waals surface area contributed by atoms with Crippen LogP contribution in [0.5, 0.6) is 0 Å². The minimum Gasteiger partial charge on any atom is -0.468 e. The lowest BCUT2D eigenvalue weighted by Crippen LogP contribution is -2.37. The number of methoxy groups -OCH3 is 1. The van der Waals surface area contributed by atoms with Crippen molar-refractivity contribution in [2.45, 2.75) is 17.8 Å². The summed E-state index contributed by atoms with van der Waals surface area (Å²) in [7, 11) is 1.33. The van der Waals surface area contributed by atoms with E-state index in [0.717, 1.165) is 13.0 Å². The van der Waals surface area contributed by atoms with Crippen LogP contribution in [0.15, 0.2) is 0 Å². The quantitative estimate of drug-likeness (QED) is 0.527. The molecule has 1 saturated heterocycles. The second-order valence-corrected chi connectivity index (χ2v) is 3.49. The van der Waals surface area contributed by atoms with E-state index in [1.807, 2.05) is 0 Å². The van der Waals surface area contributed by atoms with Crippen molar-refractivity contribution in [3.8, 4) is 0 Å². The molecule has 13 heavy (non-hydrogen) atoms. The summed E-state index contributed by atoms with van der Waals surface area (Å²) in [6.45, 7) is 1.91. The highest BCUT2D eigenvalue weighted by molar-refractivity contribution is 6.30. The summed E-state index contributed by atoms with van der Waals surface area (Å²) in [6, 6.07) is 0.325. The number of carbonyl (C=O) groups excluding carboxylic acids is 1. The Morgan fingerprint density at radius 1 is 1.85 bits per heavy atom. The Labute approximate surface area is 82.5 Å². The maximum atomic E-state index is 10.9. The molecule has 1 N–H and O–H groups in total. The zero-order valence-electron chi connectivity index (χ0n) is 7.59. The van der Waals surface area contributed by atoms with Gasteiger partial charge in [0.05, 0.1) is 13.7 Å². The third kappa shape index (κ3) is 3.50.